The lowest BCUT2D eigenvalue weighted by molar-refractivity contribution is -0.133. The summed E-state index contributed by atoms with van der Waals surface area (Å²) >= 11 is 0. The third-order valence-corrected chi connectivity index (χ3v) is 2.18. The Morgan fingerprint density at radius 3 is 2.50 bits per heavy atom. The van der Waals surface area contributed by atoms with E-state index < -0.39 is 18.2 Å². The highest BCUT2D eigenvalue weighted by Crippen LogP contribution is 2.14. The lowest BCUT2D eigenvalue weighted by Crippen LogP contribution is -2.51. The van der Waals surface area contributed by atoms with Gasteiger partial charge in [-0.2, -0.15) is 0 Å². The molecule has 14 heavy (non-hydrogen) atoms. The van der Waals surface area contributed by atoms with Gasteiger partial charge < -0.3 is 15.5 Å². The van der Waals surface area contributed by atoms with Crippen molar-refractivity contribution in [2.45, 2.75) is 20.0 Å². The standard InChI is InChI=1S/C8H12N2O4/c1-4-6(7(11)12)3-10(8(13)14)5(2)9-4/h5,9H,3H2,1-2H3,(H,11,12)(H,13,14). The molecule has 1 atom stereocenters. The molecule has 1 heterocycles. The molecule has 0 aromatic heterocycles. The minimum atomic E-state index is -1.13. The van der Waals surface area contributed by atoms with Crippen molar-refractivity contribution in [3.05, 3.63) is 11.3 Å². The molecule has 1 unspecified atom stereocenters. The molecule has 6 nitrogen and oxygen atoms in total. The molecule has 0 aromatic carbocycles. The number of allylic oxidation sites excluding steroid dienone is 1. The quantitative estimate of drug-likeness (QED) is 0.565. The van der Waals surface area contributed by atoms with Crippen LogP contribution in [-0.2, 0) is 4.79 Å². The van der Waals surface area contributed by atoms with Crippen LogP contribution in [0, 0.1) is 0 Å². The van der Waals surface area contributed by atoms with Crippen LogP contribution in [0.3, 0.4) is 0 Å². The Morgan fingerprint density at radius 1 is 1.50 bits per heavy atom. The first-order valence-corrected chi connectivity index (χ1v) is 4.12. The van der Waals surface area contributed by atoms with Crippen LogP contribution < -0.4 is 5.32 Å². The fourth-order valence-electron chi connectivity index (χ4n) is 1.37. The van der Waals surface area contributed by atoms with Crippen LogP contribution in [0.5, 0.6) is 0 Å². The van der Waals surface area contributed by atoms with E-state index in [-0.39, 0.29) is 12.1 Å². The second-order valence-corrected chi connectivity index (χ2v) is 3.14. The summed E-state index contributed by atoms with van der Waals surface area (Å²) < 4.78 is 0. The van der Waals surface area contributed by atoms with Crippen molar-refractivity contribution in [3.8, 4) is 0 Å². The number of hydrogen-bond acceptors (Lipinski definition) is 3. The summed E-state index contributed by atoms with van der Waals surface area (Å²) in [5.74, 6) is -1.09. The maximum absolute atomic E-state index is 10.7. The van der Waals surface area contributed by atoms with Gasteiger partial charge in [0.2, 0.25) is 0 Å². The molecule has 0 radical (unpaired) electrons. The van der Waals surface area contributed by atoms with Crippen molar-refractivity contribution in [1.29, 1.82) is 0 Å². The Bertz CT molecular complexity index is 310. The highest BCUT2D eigenvalue weighted by molar-refractivity contribution is 5.89. The van der Waals surface area contributed by atoms with Crippen LogP contribution in [0.1, 0.15) is 13.8 Å². The highest BCUT2D eigenvalue weighted by atomic mass is 16.4. The van der Waals surface area contributed by atoms with Gasteiger partial charge in [-0.3, -0.25) is 4.90 Å². The van der Waals surface area contributed by atoms with Crippen LogP contribution >= 0.6 is 0 Å². The van der Waals surface area contributed by atoms with Gasteiger partial charge in [-0.15, -0.1) is 0 Å². The Labute approximate surface area is 80.8 Å². The van der Waals surface area contributed by atoms with Gasteiger partial charge in [0, 0.05) is 5.70 Å². The second kappa shape index (κ2) is 3.57. The molecular weight excluding hydrogens is 188 g/mol. The summed E-state index contributed by atoms with van der Waals surface area (Å²) in [7, 11) is 0. The molecular formula is C8H12N2O4. The van der Waals surface area contributed by atoms with Gasteiger partial charge in [0.1, 0.15) is 6.17 Å². The fraction of sp³-hybridized carbons (Fsp3) is 0.500. The van der Waals surface area contributed by atoms with Crippen molar-refractivity contribution < 1.29 is 19.8 Å². The molecule has 0 spiro atoms. The number of aliphatic carboxylic acids is 1. The first-order valence-electron chi connectivity index (χ1n) is 4.12. The maximum Gasteiger partial charge on any atom is 0.409 e. The van der Waals surface area contributed by atoms with Gasteiger partial charge >= 0.3 is 12.1 Å². The summed E-state index contributed by atoms with van der Waals surface area (Å²) in [6, 6.07) is 0. The van der Waals surface area contributed by atoms with E-state index in [9.17, 15) is 9.59 Å². The fourth-order valence-corrected chi connectivity index (χ4v) is 1.37. The van der Waals surface area contributed by atoms with Crippen molar-refractivity contribution in [2.24, 2.45) is 0 Å². The first-order chi connectivity index (χ1) is 6.43. The predicted molar refractivity (Wildman–Crippen MR) is 47.7 cm³/mol. The Balaban J connectivity index is 2.94. The summed E-state index contributed by atoms with van der Waals surface area (Å²) in [5.41, 5.74) is 0.605. The minimum absolute atomic E-state index is 0.0787. The topological polar surface area (TPSA) is 89.9 Å². The summed E-state index contributed by atoms with van der Waals surface area (Å²) in [4.78, 5) is 22.5. The minimum Gasteiger partial charge on any atom is -0.478 e. The van der Waals surface area contributed by atoms with E-state index in [2.05, 4.69) is 5.32 Å². The van der Waals surface area contributed by atoms with Crippen LogP contribution in [0.15, 0.2) is 11.3 Å². The monoisotopic (exact) mass is 200 g/mol. The van der Waals surface area contributed by atoms with Gasteiger partial charge in [-0.05, 0) is 13.8 Å². The van der Waals surface area contributed by atoms with E-state index in [0.717, 1.165) is 4.90 Å². The number of carbonyl (C=O) groups is 2. The Hall–Kier alpha value is -1.72. The molecule has 0 saturated heterocycles. The summed E-state index contributed by atoms with van der Waals surface area (Å²) in [6.07, 6.45) is -1.52. The third-order valence-electron chi connectivity index (χ3n) is 2.18. The normalized spacial score (nSPS) is 21.9. The number of carboxylic acid groups (broad SMARTS) is 2. The molecule has 1 amide bonds. The highest BCUT2D eigenvalue weighted by Gasteiger charge is 2.28. The smallest absolute Gasteiger partial charge is 0.409 e. The van der Waals surface area contributed by atoms with Gasteiger partial charge in [-0.25, -0.2) is 9.59 Å². The number of nitrogens with one attached hydrogen (secondary N) is 1. The summed E-state index contributed by atoms with van der Waals surface area (Å²) in [6.45, 7) is 3.21. The first kappa shape index (κ1) is 10.4. The van der Waals surface area contributed by atoms with E-state index in [1.807, 2.05) is 0 Å². The zero-order chi connectivity index (χ0) is 10.9. The second-order valence-electron chi connectivity index (χ2n) is 3.14. The number of rotatable bonds is 1. The number of nitrogens with zero attached hydrogens (tertiary/aromatic N) is 1. The third kappa shape index (κ3) is 1.78. The molecule has 1 rings (SSSR count). The molecule has 0 fully saturated rings. The van der Waals surface area contributed by atoms with Crippen LogP contribution in [0.2, 0.25) is 0 Å². The molecule has 0 aromatic rings. The SMILES string of the molecule is CC1=C(C(=O)O)CN(C(=O)O)C(C)N1. The van der Waals surface area contributed by atoms with Crippen LogP contribution in [0.25, 0.3) is 0 Å². The van der Waals surface area contributed by atoms with E-state index in [1.165, 1.54) is 0 Å². The molecule has 0 aliphatic carbocycles. The average molecular weight is 200 g/mol. The van der Waals surface area contributed by atoms with Crippen LogP contribution in [-0.4, -0.2) is 39.9 Å². The number of amides is 1. The maximum atomic E-state index is 10.7. The molecule has 6 heteroatoms. The van der Waals surface area contributed by atoms with Gasteiger partial charge in [0.25, 0.3) is 0 Å². The molecule has 1 aliphatic heterocycles. The van der Waals surface area contributed by atoms with Gasteiger partial charge in [-0.1, -0.05) is 0 Å². The Kier molecular flexibility index (Phi) is 2.64. The zero-order valence-corrected chi connectivity index (χ0v) is 7.94. The predicted octanol–water partition coefficient (Wildman–Crippen LogP) is 0.274. The van der Waals surface area contributed by atoms with Gasteiger partial charge in [0.05, 0.1) is 12.1 Å². The lowest BCUT2D eigenvalue weighted by Gasteiger charge is -2.33. The van der Waals surface area contributed by atoms with Crippen molar-refractivity contribution >= 4 is 12.1 Å². The molecule has 3 N–H and O–H groups in total. The van der Waals surface area contributed by atoms with E-state index in [0.29, 0.717) is 5.70 Å². The summed E-state index contributed by atoms with van der Waals surface area (Å²) in [5, 5.41) is 20.3. The van der Waals surface area contributed by atoms with E-state index in [4.69, 9.17) is 10.2 Å². The van der Waals surface area contributed by atoms with Gasteiger partial charge in [0.15, 0.2) is 0 Å². The Morgan fingerprint density at radius 2 is 2.07 bits per heavy atom. The number of carboxylic acids is 1. The van der Waals surface area contributed by atoms with E-state index >= 15 is 0 Å². The number of hydrogen-bond donors (Lipinski definition) is 3. The molecule has 0 bridgehead atoms. The van der Waals surface area contributed by atoms with E-state index in [1.54, 1.807) is 13.8 Å². The average Bonchev–Trinajstić information content (AvgIpc) is 2.02. The van der Waals surface area contributed by atoms with Crippen molar-refractivity contribution in [2.75, 3.05) is 6.54 Å². The van der Waals surface area contributed by atoms with Crippen LogP contribution in [0.4, 0.5) is 4.79 Å². The molecule has 0 saturated carbocycles. The van der Waals surface area contributed by atoms with Crippen molar-refractivity contribution in [1.82, 2.24) is 10.2 Å². The largest absolute Gasteiger partial charge is 0.478 e. The van der Waals surface area contributed by atoms with Crippen molar-refractivity contribution in [3.63, 3.8) is 0 Å². The molecule has 1 aliphatic rings. The lowest BCUT2D eigenvalue weighted by atomic mass is 10.1. The molecule has 78 valence electrons. The zero-order valence-electron chi connectivity index (χ0n) is 7.94.